The molecule has 2 N–H and O–H groups in total. The maximum atomic E-state index is 12.2. The van der Waals surface area contributed by atoms with Crippen molar-refractivity contribution in [1.29, 1.82) is 0 Å². The van der Waals surface area contributed by atoms with Crippen molar-refractivity contribution in [3.8, 4) is 0 Å². The first-order valence-electron chi connectivity index (χ1n) is 6.36. The summed E-state index contributed by atoms with van der Waals surface area (Å²) in [5.41, 5.74) is 8.20. The monoisotopic (exact) mass is 281 g/mol. The third-order valence-corrected chi connectivity index (χ3v) is 2.96. The van der Waals surface area contributed by atoms with Crippen LogP contribution in [0.3, 0.4) is 0 Å². The van der Waals surface area contributed by atoms with Crippen LogP contribution in [0.15, 0.2) is 54.6 Å². The fourth-order valence-corrected chi connectivity index (χ4v) is 1.78. The second-order valence-corrected chi connectivity index (χ2v) is 4.43. The molecular formula is C17H15NO3. The Morgan fingerprint density at radius 2 is 1.48 bits per heavy atom. The van der Waals surface area contributed by atoms with E-state index in [1.165, 1.54) is 13.2 Å². The number of hydrogen-bond donors (Lipinski definition) is 1. The summed E-state index contributed by atoms with van der Waals surface area (Å²) in [6.45, 7) is 0. The minimum Gasteiger partial charge on any atom is -0.466 e. The zero-order valence-corrected chi connectivity index (χ0v) is 11.6. The van der Waals surface area contributed by atoms with E-state index in [9.17, 15) is 9.59 Å². The van der Waals surface area contributed by atoms with Crippen LogP contribution in [-0.4, -0.2) is 18.9 Å². The molecule has 0 unspecified atom stereocenters. The Labute approximate surface area is 122 Å². The standard InChI is InChI=1S/C17H15NO3/c1-21-16(19)11-4-12-2-5-13(6-3-12)17(20)14-7-9-15(18)10-8-14/h2-11H,18H2,1H3/b11-4+. The third kappa shape index (κ3) is 3.79. The molecule has 0 aliphatic rings. The van der Waals surface area contributed by atoms with Gasteiger partial charge in [0.2, 0.25) is 0 Å². The fraction of sp³-hybridized carbons (Fsp3) is 0.0588. The Kier molecular flexibility index (Phi) is 4.51. The van der Waals surface area contributed by atoms with Crippen molar-refractivity contribution in [3.05, 3.63) is 71.3 Å². The average Bonchev–Trinajstić information content (AvgIpc) is 2.53. The molecule has 2 aromatic carbocycles. The van der Waals surface area contributed by atoms with Gasteiger partial charge >= 0.3 is 5.97 Å². The molecule has 0 saturated heterocycles. The van der Waals surface area contributed by atoms with Gasteiger partial charge < -0.3 is 10.5 Å². The van der Waals surface area contributed by atoms with Crippen LogP contribution in [0.25, 0.3) is 6.08 Å². The maximum absolute atomic E-state index is 12.2. The molecule has 0 saturated carbocycles. The number of ketones is 1. The van der Waals surface area contributed by atoms with Gasteiger partial charge in [-0.05, 0) is 35.9 Å². The number of rotatable bonds is 4. The molecule has 0 aromatic heterocycles. The lowest BCUT2D eigenvalue weighted by atomic mass is 10.0. The number of esters is 1. The largest absolute Gasteiger partial charge is 0.466 e. The van der Waals surface area contributed by atoms with Gasteiger partial charge in [0.15, 0.2) is 5.78 Å². The van der Waals surface area contributed by atoms with Gasteiger partial charge in [-0.15, -0.1) is 0 Å². The molecule has 21 heavy (non-hydrogen) atoms. The molecule has 0 radical (unpaired) electrons. The summed E-state index contributed by atoms with van der Waals surface area (Å²) in [6.07, 6.45) is 2.96. The van der Waals surface area contributed by atoms with Gasteiger partial charge in [0.1, 0.15) is 0 Å². The number of benzene rings is 2. The highest BCUT2D eigenvalue weighted by molar-refractivity contribution is 6.09. The van der Waals surface area contributed by atoms with Crippen molar-refractivity contribution < 1.29 is 14.3 Å². The second-order valence-electron chi connectivity index (χ2n) is 4.43. The SMILES string of the molecule is COC(=O)/C=C/c1ccc(C(=O)c2ccc(N)cc2)cc1. The minimum atomic E-state index is -0.419. The molecule has 0 amide bonds. The fourth-order valence-electron chi connectivity index (χ4n) is 1.78. The highest BCUT2D eigenvalue weighted by Gasteiger charge is 2.08. The highest BCUT2D eigenvalue weighted by Crippen LogP contribution is 2.13. The van der Waals surface area contributed by atoms with E-state index < -0.39 is 5.97 Å². The van der Waals surface area contributed by atoms with Crippen LogP contribution >= 0.6 is 0 Å². The lowest BCUT2D eigenvalue weighted by Crippen LogP contribution is -2.01. The predicted octanol–water partition coefficient (Wildman–Crippen LogP) is 2.69. The molecule has 0 bridgehead atoms. The molecule has 0 heterocycles. The van der Waals surface area contributed by atoms with Gasteiger partial charge in [0, 0.05) is 22.9 Å². The molecule has 0 spiro atoms. The van der Waals surface area contributed by atoms with Gasteiger partial charge in [0.25, 0.3) is 0 Å². The number of anilines is 1. The topological polar surface area (TPSA) is 69.4 Å². The summed E-state index contributed by atoms with van der Waals surface area (Å²) in [5.74, 6) is -0.490. The molecule has 0 fully saturated rings. The Morgan fingerprint density at radius 1 is 0.952 bits per heavy atom. The lowest BCUT2D eigenvalue weighted by Gasteiger charge is -2.02. The maximum Gasteiger partial charge on any atom is 0.330 e. The summed E-state index contributed by atoms with van der Waals surface area (Å²) in [6, 6.07) is 13.8. The first-order chi connectivity index (χ1) is 10.1. The van der Waals surface area contributed by atoms with Crippen molar-refractivity contribution in [2.24, 2.45) is 0 Å². The number of carbonyl (C=O) groups excluding carboxylic acids is 2. The quantitative estimate of drug-likeness (QED) is 0.405. The Hall–Kier alpha value is -2.88. The number of hydrogen-bond acceptors (Lipinski definition) is 4. The van der Waals surface area contributed by atoms with Gasteiger partial charge in [-0.2, -0.15) is 0 Å². The number of nitrogen functional groups attached to an aromatic ring is 1. The molecule has 4 heteroatoms. The van der Waals surface area contributed by atoms with E-state index in [1.54, 1.807) is 54.6 Å². The normalized spacial score (nSPS) is 10.5. The Balaban J connectivity index is 2.15. The van der Waals surface area contributed by atoms with E-state index in [-0.39, 0.29) is 5.78 Å². The highest BCUT2D eigenvalue weighted by atomic mass is 16.5. The Bertz CT molecular complexity index is 670. The van der Waals surface area contributed by atoms with E-state index in [0.29, 0.717) is 16.8 Å². The minimum absolute atomic E-state index is 0.0708. The molecule has 106 valence electrons. The molecule has 0 atom stereocenters. The average molecular weight is 281 g/mol. The predicted molar refractivity (Wildman–Crippen MR) is 81.8 cm³/mol. The van der Waals surface area contributed by atoms with E-state index in [4.69, 9.17) is 5.73 Å². The summed E-state index contributed by atoms with van der Waals surface area (Å²) in [7, 11) is 1.32. The van der Waals surface area contributed by atoms with Crippen LogP contribution in [0.2, 0.25) is 0 Å². The molecule has 2 aromatic rings. The van der Waals surface area contributed by atoms with Crippen molar-refractivity contribution in [2.45, 2.75) is 0 Å². The van der Waals surface area contributed by atoms with Crippen LogP contribution < -0.4 is 5.73 Å². The van der Waals surface area contributed by atoms with E-state index in [1.807, 2.05) is 0 Å². The third-order valence-electron chi connectivity index (χ3n) is 2.96. The van der Waals surface area contributed by atoms with Gasteiger partial charge in [-0.3, -0.25) is 4.79 Å². The van der Waals surface area contributed by atoms with Crippen LogP contribution in [0.4, 0.5) is 5.69 Å². The number of methoxy groups -OCH3 is 1. The lowest BCUT2D eigenvalue weighted by molar-refractivity contribution is -0.134. The summed E-state index contributed by atoms with van der Waals surface area (Å²) >= 11 is 0. The van der Waals surface area contributed by atoms with Gasteiger partial charge in [-0.1, -0.05) is 24.3 Å². The van der Waals surface area contributed by atoms with E-state index >= 15 is 0 Å². The summed E-state index contributed by atoms with van der Waals surface area (Å²) in [4.78, 5) is 23.2. The van der Waals surface area contributed by atoms with E-state index in [2.05, 4.69) is 4.74 Å². The molecule has 0 aliphatic heterocycles. The van der Waals surface area contributed by atoms with Crippen LogP contribution in [0.5, 0.6) is 0 Å². The van der Waals surface area contributed by atoms with Crippen molar-refractivity contribution >= 4 is 23.5 Å². The second kappa shape index (κ2) is 6.52. The van der Waals surface area contributed by atoms with Crippen molar-refractivity contribution in [3.63, 3.8) is 0 Å². The zero-order chi connectivity index (χ0) is 15.2. The van der Waals surface area contributed by atoms with Crippen molar-refractivity contribution in [1.82, 2.24) is 0 Å². The number of ether oxygens (including phenoxy) is 1. The van der Waals surface area contributed by atoms with Gasteiger partial charge in [0.05, 0.1) is 7.11 Å². The molecule has 2 rings (SSSR count). The number of carbonyl (C=O) groups is 2. The van der Waals surface area contributed by atoms with Crippen molar-refractivity contribution in [2.75, 3.05) is 12.8 Å². The molecule has 0 aliphatic carbocycles. The first kappa shape index (κ1) is 14.5. The van der Waals surface area contributed by atoms with E-state index in [0.717, 1.165) is 5.56 Å². The molecule has 4 nitrogen and oxygen atoms in total. The Morgan fingerprint density at radius 3 is 2.00 bits per heavy atom. The van der Waals surface area contributed by atoms with Crippen LogP contribution in [0.1, 0.15) is 21.5 Å². The first-order valence-corrected chi connectivity index (χ1v) is 6.36. The smallest absolute Gasteiger partial charge is 0.330 e. The molecular weight excluding hydrogens is 266 g/mol. The summed E-state index contributed by atoms with van der Waals surface area (Å²) in [5, 5.41) is 0. The van der Waals surface area contributed by atoms with Crippen LogP contribution in [0, 0.1) is 0 Å². The number of nitrogens with two attached hydrogens (primary N) is 1. The summed E-state index contributed by atoms with van der Waals surface area (Å²) < 4.78 is 4.51. The van der Waals surface area contributed by atoms with Gasteiger partial charge in [-0.25, -0.2) is 4.79 Å². The zero-order valence-electron chi connectivity index (χ0n) is 11.6. The van der Waals surface area contributed by atoms with Crippen LogP contribution in [-0.2, 0) is 9.53 Å².